The molecule has 0 aromatic carbocycles. The monoisotopic (exact) mass is 315 g/mol. The van der Waals surface area contributed by atoms with E-state index < -0.39 is 0 Å². The Labute approximate surface area is 134 Å². The Bertz CT molecular complexity index is 691. The molecule has 7 nitrogen and oxygen atoms in total. The molecule has 3 heterocycles. The minimum absolute atomic E-state index is 0.0844. The summed E-state index contributed by atoms with van der Waals surface area (Å²) in [6.45, 7) is 2.16. The second-order valence-electron chi connectivity index (χ2n) is 5.73. The molecule has 2 amide bonds. The van der Waals surface area contributed by atoms with E-state index in [4.69, 9.17) is 0 Å². The Morgan fingerprint density at radius 1 is 1.13 bits per heavy atom. The molecule has 3 rings (SSSR count). The lowest BCUT2D eigenvalue weighted by molar-refractivity contribution is -0.132. The maximum absolute atomic E-state index is 11.9. The van der Waals surface area contributed by atoms with Crippen molar-refractivity contribution in [3.8, 4) is 0 Å². The van der Waals surface area contributed by atoms with Gasteiger partial charge in [0.2, 0.25) is 11.8 Å². The first-order chi connectivity index (χ1) is 11.2. The molecule has 0 saturated carbocycles. The van der Waals surface area contributed by atoms with Gasteiger partial charge in [-0.05, 0) is 25.0 Å². The molecule has 0 bridgehead atoms. The number of amides is 2. The lowest BCUT2D eigenvalue weighted by Crippen LogP contribution is -2.31. The van der Waals surface area contributed by atoms with Crippen molar-refractivity contribution in [2.75, 3.05) is 19.6 Å². The molecule has 0 radical (unpaired) electrons. The van der Waals surface area contributed by atoms with Crippen molar-refractivity contribution in [3.63, 3.8) is 0 Å². The summed E-state index contributed by atoms with van der Waals surface area (Å²) in [5, 5.41) is 11.0. The van der Waals surface area contributed by atoms with Gasteiger partial charge >= 0.3 is 0 Å². The van der Waals surface area contributed by atoms with Crippen molar-refractivity contribution in [2.45, 2.75) is 32.1 Å². The number of hydrogen-bond donors (Lipinski definition) is 1. The predicted octanol–water partition coefficient (Wildman–Crippen LogP) is 0.791. The molecule has 2 aromatic rings. The lowest BCUT2D eigenvalue weighted by atomic mass is 10.2. The van der Waals surface area contributed by atoms with Crippen LogP contribution in [-0.4, -0.2) is 50.9 Å². The number of fused-ring (bicyclic) bond motifs is 1. The Morgan fingerprint density at radius 3 is 2.78 bits per heavy atom. The van der Waals surface area contributed by atoms with E-state index in [-0.39, 0.29) is 18.2 Å². The van der Waals surface area contributed by atoms with Crippen LogP contribution in [0.2, 0.25) is 0 Å². The van der Waals surface area contributed by atoms with Crippen molar-refractivity contribution in [1.29, 1.82) is 0 Å². The third-order valence-corrected chi connectivity index (χ3v) is 4.08. The molecule has 1 aliphatic heterocycles. The maximum atomic E-state index is 11.9. The quantitative estimate of drug-likeness (QED) is 0.855. The van der Waals surface area contributed by atoms with E-state index in [1.54, 1.807) is 0 Å². The standard InChI is InChI=1S/C16H21N5O2/c22-15(6-7-16(23)20-10-3-4-11-20)17-9-8-14-19-18-13-5-1-2-12-21(13)14/h1-2,5,12H,3-4,6-11H2,(H,17,22). The number of nitrogens with one attached hydrogen (secondary N) is 1. The van der Waals surface area contributed by atoms with Crippen LogP contribution >= 0.6 is 0 Å². The normalized spacial score (nSPS) is 14.3. The van der Waals surface area contributed by atoms with Crippen LogP contribution in [0.15, 0.2) is 24.4 Å². The first-order valence-corrected chi connectivity index (χ1v) is 8.07. The number of rotatable bonds is 6. The molecule has 1 N–H and O–H groups in total. The molecule has 0 unspecified atom stereocenters. The average Bonchev–Trinajstić information content (AvgIpc) is 3.23. The first kappa shape index (κ1) is 15.5. The highest BCUT2D eigenvalue weighted by Gasteiger charge is 2.18. The summed E-state index contributed by atoms with van der Waals surface area (Å²) < 4.78 is 1.91. The Kier molecular flexibility index (Phi) is 4.85. The zero-order chi connectivity index (χ0) is 16.1. The topological polar surface area (TPSA) is 79.6 Å². The summed E-state index contributed by atoms with van der Waals surface area (Å²) in [4.78, 5) is 25.6. The van der Waals surface area contributed by atoms with E-state index in [0.29, 0.717) is 19.4 Å². The van der Waals surface area contributed by atoms with Crippen molar-refractivity contribution >= 4 is 17.5 Å². The fourth-order valence-electron chi connectivity index (χ4n) is 2.81. The minimum atomic E-state index is -0.0913. The molecule has 122 valence electrons. The van der Waals surface area contributed by atoms with Crippen LogP contribution in [0, 0.1) is 0 Å². The van der Waals surface area contributed by atoms with Crippen LogP contribution in [0.4, 0.5) is 0 Å². The molecule has 0 atom stereocenters. The van der Waals surface area contributed by atoms with E-state index in [9.17, 15) is 9.59 Å². The van der Waals surface area contributed by atoms with E-state index in [1.807, 2.05) is 33.7 Å². The van der Waals surface area contributed by atoms with Crippen LogP contribution in [0.25, 0.3) is 5.65 Å². The molecule has 23 heavy (non-hydrogen) atoms. The van der Waals surface area contributed by atoms with Gasteiger partial charge in [0.1, 0.15) is 5.82 Å². The molecule has 0 spiro atoms. The molecule has 1 aliphatic rings. The third kappa shape index (κ3) is 3.85. The summed E-state index contributed by atoms with van der Waals surface area (Å²) in [5.41, 5.74) is 0.796. The summed E-state index contributed by atoms with van der Waals surface area (Å²) in [6, 6.07) is 5.72. The van der Waals surface area contributed by atoms with Gasteiger partial charge < -0.3 is 10.2 Å². The summed E-state index contributed by atoms with van der Waals surface area (Å²) in [7, 11) is 0. The van der Waals surface area contributed by atoms with E-state index in [1.165, 1.54) is 0 Å². The summed E-state index contributed by atoms with van der Waals surface area (Å²) in [5.74, 6) is 0.807. The van der Waals surface area contributed by atoms with Crippen LogP contribution in [0.3, 0.4) is 0 Å². The Morgan fingerprint density at radius 2 is 1.96 bits per heavy atom. The largest absolute Gasteiger partial charge is 0.356 e. The molecule has 1 saturated heterocycles. The van der Waals surface area contributed by atoms with Crippen LogP contribution < -0.4 is 5.32 Å². The number of carbonyl (C=O) groups is 2. The molecule has 0 aliphatic carbocycles. The smallest absolute Gasteiger partial charge is 0.223 e. The van der Waals surface area contributed by atoms with Gasteiger partial charge in [-0.2, -0.15) is 0 Å². The summed E-state index contributed by atoms with van der Waals surface area (Å²) in [6.07, 6.45) is 5.20. The second kappa shape index (κ2) is 7.21. The van der Waals surface area contributed by atoms with Crippen molar-refractivity contribution < 1.29 is 9.59 Å². The number of pyridine rings is 1. The highest BCUT2D eigenvalue weighted by Crippen LogP contribution is 2.09. The van der Waals surface area contributed by atoms with Crippen molar-refractivity contribution in [2.24, 2.45) is 0 Å². The van der Waals surface area contributed by atoms with E-state index in [2.05, 4.69) is 15.5 Å². The molecular formula is C16H21N5O2. The van der Waals surface area contributed by atoms with Gasteiger partial charge in [0.25, 0.3) is 0 Å². The number of aromatic nitrogens is 3. The number of hydrogen-bond acceptors (Lipinski definition) is 4. The van der Waals surface area contributed by atoms with Gasteiger partial charge in [0.05, 0.1) is 0 Å². The molecular weight excluding hydrogens is 294 g/mol. The fourth-order valence-corrected chi connectivity index (χ4v) is 2.81. The van der Waals surface area contributed by atoms with Gasteiger partial charge in [0.15, 0.2) is 5.65 Å². The highest BCUT2D eigenvalue weighted by molar-refractivity contribution is 5.83. The van der Waals surface area contributed by atoms with Gasteiger partial charge in [-0.1, -0.05) is 6.07 Å². The highest BCUT2D eigenvalue weighted by atomic mass is 16.2. The van der Waals surface area contributed by atoms with E-state index >= 15 is 0 Å². The fraction of sp³-hybridized carbons (Fsp3) is 0.500. The second-order valence-corrected chi connectivity index (χ2v) is 5.73. The number of carbonyl (C=O) groups excluding carboxylic acids is 2. The number of nitrogens with zero attached hydrogens (tertiary/aromatic N) is 4. The SMILES string of the molecule is O=C(CCC(=O)N1CCCC1)NCCc1nnc2ccccn12. The van der Waals surface area contributed by atoms with Crippen molar-refractivity contribution in [3.05, 3.63) is 30.2 Å². The first-order valence-electron chi connectivity index (χ1n) is 8.07. The zero-order valence-corrected chi connectivity index (χ0v) is 13.1. The Balaban J connectivity index is 1.40. The third-order valence-electron chi connectivity index (χ3n) is 4.08. The van der Waals surface area contributed by atoms with E-state index in [0.717, 1.165) is 37.4 Å². The van der Waals surface area contributed by atoms with Gasteiger partial charge in [-0.15, -0.1) is 10.2 Å². The van der Waals surface area contributed by atoms with Crippen molar-refractivity contribution in [1.82, 2.24) is 24.8 Å². The molecule has 7 heteroatoms. The predicted molar refractivity (Wildman–Crippen MR) is 84.7 cm³/mol. The van der Waals surface area contributed by atoms with Crippen LogP contribution in [0.1, 0.15) is 31.5 Å². The minimum Gasteiger partial charge on any atom is -0.356 e. The zero-order valence-electron chi connectivity index (χ0n) is 13.1. The Hall–Kier alpha value is -2.44. The maximum Gasteiger partial charge on any atom is 0.223 e. The lowest BCUT2D eigenvalue weighted by Gasteiger charge is -2.14. The average molecular weight is 315 g/mol. The van der Waals surface area contributed by atoms with Crippen LogP contribution in [-0.2, 0) is 16.0 Å². The number of likely N-dealkylation sites (tertiary alicyclic amines) is 1. The molecule has 2 aromatic heterocycles. The molecule has 1 fully saturated rings. The van der Waals surface area contributed by atoms with Crippen LogP contribution in [0.5, 0.6) is 0 Å². The van der Waals surface area contributed by atoms with Gasteiger partial charge in [-0.3, -0.25) is 14.0 Å². The summed E-state index contributed by atoms with van der Waals surface area (Å²) >= 11 is 0. The van der Waals surface area contributed by atoms with Gasteiger partial charge in [-0.25, -0.2) is 0 Å². The van der Waals surface area contributed by atoms with Gasteiger partial charge in [0, 0.05) is 45.1 Å².